The molecule has 0 aliphatic heterocycles. The van der Waals surface area contributed by atoms with Crippen LogP contribution < -0.4 is 0 Å². The van der Waals surface area contributed by atoms with E-state index in [1.54, 1.807) is 0 Å². The van der Waals surface area contributed by atoms with E-state index >= 15 is 0 Å². The van der Waals surface area contributed by atoms with Crippen molar-refractivity contribution in [3.05, 3.63) is 59.2 Å². The average molecular weight is 306 g/mol. The summed E-state index contributed by atoms with van der Waals surface area (Å²) in [6.45, 7) is 8.62. The minimum Gasteiger partial charge on any atom is -0.115 e. The molecule has 0 fully saturated rings. The lowest BCUT2D eigenvalue weighted by molar-refractivity contribution is 0.656. The predicted octanol–water partition coefficient (Wildman–Crippen LogP) is 6.93. The van der Waals surface area contributed by atoms with Gasteiger partial charge in [0, 0.05) is 5.56 Å². The Kier molecular flexibility index (Phi) is 8.85. The maximum absolute atomic E-state index is 5.47. The number of hydrogen-bond donors (Lipinski definition) is 0. The van der Waals surface area contributed by atoms with Gasteiger partial charge in [0.05, 0.1) is 0 Å². The van der Waals surface area contributed by atoms with Gasteiger partial charge in [-0.1, -0.05) is 93.8 Å². The molecule has 122 valence electrons. The van der Waals surface area contributed by atoms with Crippen molar-refractivity contribution in [1.29, 1.82) is 0 Å². The highest BCUT2D eigenvalue weighted by molar-refractivity contribution is 5.66. The van der Waals surface area contributed by atoms with Crippen LogP contribution >= 0.6 is 0 Å². The van der Waals surface area contributed by atoms with Crippen LogP contribution in [-0.2, 0) is 0 Å². The Hall–Kier alpha value is -2.00. The maximum Gasteiger partial charge on any atom is 0.0277 e. The summed E-state index contributed by atoms with van der Waals surface area (Å²) in [5.74, 6) is 2.72. The summed E-state index contributed by atoms with van der Waals surface area (Å²) in [5.41, 5.74) is 5.78. The van der Waals surface area contributed by atoms with Crippen molar-refractivity contribution in [2.45, 2.75) is 59.8 Å². The van der Waals surface area contributed by atoms with Crippen LogP contribution in [0.25, 0.3) is 11.1 Å². The van der Waals surface area contributed by atoms with Crippen molar-refractivity contribution < 1.29 is 0 Å². The van der Waals surface area contributed by atoms with Crippen molar-refractivity contribution in [3.8, 4) is 23.5 Å². The monoisotopic (exact) mass is 306 g/mol. The first-order valence-electron chi connectivity index (χ1n) is 8.76. The fraction of sp³-hybridized carbons (Fsp3) is 0.391. The lowest BCUT2D eigenvalue weighted by atomic mass is 9.99. The van der Waals surface area contributed by atoms with E-state index in [0.29, 0.717) is 0 Å². The Morgan fingerprint density at radius 1 is 0.783 bits per heavy atom. The normalized spacial score (nSPS) is 9.70. The molecule has 0 unspecified atom stereocenters. The third kappa shape index (κ3) is 6.74. The first-order chi connectivity index (χ1) is 11.1. The minimum atomic E-state index is 0.970. The third-order valence-corrected chi connectivity index (χ3v) is 3.99. The molecule has 0 heteroatoms. The first kappa shape index (κ1) is 19.0. The summed E-state index contributed by atoms with van der Waals surface area (Å²) in [4.78, 5) is 0. The number of benzene rings is 2. The summed E-state index contributed by atoms with van der Waals surface area (Å²) in [6, 6.07) is 14.7. The SMILES string of the molecule is C#Cc1cc(-c2ccc(C)cc2)ccc1C.CCCCCCC. The van der Waals surface area contributed by atoms with E-state index in [0.717, 1.165) is 11.1 Å². The summed E-state index contributed by atoms with van der Waals surface area (Å²) in [6.07, 6.45) is 12.5. The summed E-state index contributed by atoms with van der Waals surface area (Å²) < 4.78 is 0. The molecule has 2 aromatic carbocycles. The highest BCUT2D eigenvalue weighted by Crippen LogP contribution is 2.22. The fourth-order valence-electron chi connectivity index (χ4n) is 2.38. The van der Waals surface area contributed by atoms with Crippen molar-refractivity contribution in [2.75, 3.05) is 0 Å². The topological polar surface area (TPSA) is 0 Å². The number of terminal acetylenes is 1. The Morgan fingerprint density at radius 3 is 1.87 bits per heavy atom. The largest absolute Gasteiger partial charge is 0.115 e. The predicted molar refractivity (Wildman–Crippen MR) is 104 cm³/mol. The number of rotatable bonds is 5. The van der Waals surface area contributed by atoms with Gasteiger partial charge in [-0.3, -0.25) is 0 Å². The van der Waals surface area contributed by atoms with E-state index < -0.39 is 0 Å². The maximum atomic E-state index is 5.47. The van der Waals surface area contributed by atoms with Crippen molar-refractivity contribution in [1.82, 2.24) is 0 Å². The average Bonchev–Trinajstić information content (AvgIpc) is 2.57. The summed E-state index contributed by atoms with van der Waals surface area (Å²) in [5, 5.41) is 0. The molecular formula is C23H30. The van der Waals surface area contributed by atoms with E-state index in [-0.39, 0.29) is 0 Å². The Labute approximate surface area is 143 Å². The molecule has 2 rings (SSSR count). The van der Waals surface area contributed by atoms with Gasteiger partial charge in [-0.05, 0) is 36.6 Å². The molecule has 0 aliphatic carbocycles. The van der Waals surface area contributed by atoms with Crippen LogP contribution in [0.1, 0.15) is 62.6 Å². The van der Waals surface area contributed by atoms with Crippen LogP contribution in [0, 0.1) is 26.2 Å². The molecular weight excluding hydrogens is 276 g/mol. The van der Waals surface area contributed by atoms with Gasteiger partial charge in [0.25, 0.3) is 0 Å². The molecule has 23 heavy (non-hydrogen) atoms. The zero-order chi connectivity index (χ0) is 17.1. The molecule has 0 spiro atoms. The van der Waals surface area contributed by atoms with Gasteiger partial charge in [-0.15, -0.1) is 6.42 Å². The van der Waals surface area contributed by atoms with E-state index in [1.807, 2.05) is 6.92 Å². The van der Waals surface area contributed by atoms with Gasteiger partial charge in [0.2, 0.25) is 0 Å². The van der Waals surface area contributed by atoms with Gasteiger partial charge < -0.3 is 0 Å². The molecule has 0 N–H and O–H groups in total. The van der Waals surface area contributed by atoms with Crippen molar-refractivity contribution in [2.24, 2.45) is 0 Å². The molecule has 0 saturated carbocycles. The standard InChI is InChI=1S/C16H14.C7H16/c1-4-14-11-16(10-7-13(14)3)15-8-5-12(2)6-9-15;1-3-5-7-6-4-2/h1,5-11H,2-3H3;3-7H2,1-2H3. The second-order valence-corrected chi connectivity index (χ2v) is 6.10. The molecule has 0 nitrogen and oxygen atoms in total. The zero-order valence-corrected chi connectivity index (χ0v) is 15.2. The van der Waals surface area contributed by atoms with Gasteiger partial charge in [0.15, 0.2) is 0 Å². The fourth-order valence-corrected chi connectivity index (χ4v) is 2.38. The highest BCUT2D eigenvalue weighted by Gasteiger charge is 2.00. The molecule has 0 atom stereocenters. The second kappa shape index (κ2) is 10.7. The van der Waals surface area contributed by atoms with E-state index in [1.165, 1.54) is 48.8 Å². The molecule has 0 saturated heterocycles. The molecule has 0 bridgehead atoms. The van der Waals surface area contributed by atoms with E-state index in [9.17, 15) is 0 Å². The Morgan fingerprint density at radius 2 is 1.35 bits per heavy atom. The molecule has 0 aromatic heterocycles. The van der Waals surface area contributed by atoms with Crippen LogP contribution in [0.4, 0.5) is 0 Å². The third-order valence-electron chi connectivity index (χ3n) is 3.99. The molecule has 0 amide bonds. The lowest BCUT2D eigenvalue weighted by Gasteiger charge is -2.05. The molecule has 0 aliphatic rings. The van der Waals surface area contributed by atoms with Crippen LogP contribution in [0.5, 0.6) is 0 Å². The molecule has 0 radical (unpaired) electrons. The summed E-state index contributed by atoms with van der Waals surface area (Å²) in [7, 11) is 0. The van der Waals surface area contributed by atoms with Crippen LogP contribution in [0.3, 0.4) is 0 Å². The van der Waals surface area contributed by atoms with Gasteiger partial charge in [0.1, 0.15) is 0 Å². The van der Waals surface area contributed by atoms with Crippen LogP contribution in [0.2, 0.25) is 0 Å². The number of unbranched alkanes of at least 4 members (excludes halogenated alkanes) is 4. The van der Waals surface area contributed by atoms with E-state index in [4.69, 9.17) is 6.42 Å². The van der Waals surface area contributed by atoms with E-state index in [2.05, 4.69) is 69.2 Å². The Balaban J connectivity index is 0.000000322. The molecule has 0 heterocycles. The smallest absolute Gasteiger partial charge is 0.0277 e. The van der Waals surface area contributed by atoms with Crippen molar-refractivity contribution >= 4 is 0 Å². The lowest BCUT2D eigenvalue weighted by Crippen LogP contribution is -1.84. The number of hydrogen-bond acceptors (Lipinski definition) is 0. The van der Waals surface area contributed by atoms with Gasteiger partial charge in [-0.2, -0.15) is 0 Å². The van der Waals surface area contributed by atoms with Crippen LogP contribution in [-0.4, -0.2) is 0 Å². The van der Waals surface area contributed by atoms with Gasteiger partial charge >= 0.3 is 0 Å². The van der Waals surface area contributed by atoms with Gasteiger partial charge in [-0.25, -0.2) is 0 Å². The van der Waals surface area contributed by atoms with Crippen LogP contribution in [0.15, 0.2) is 42.5 Å². The second-order valence-electron chi connectivity index (χ2n) is 6.10. The first-order valence-corrected chi connectivity index (χ1v) is 8.76. The minimum absolute atomic E-state index is 0.970. The Bertz CT molecular complexity index is 607. The zero-order valence-electron chi connectivity index (χ0n) is 15.2. The number of aryl methyl sites for hydroxylation is 2. The highest BCUT2D eigenvalue weighted by atomic mass is 14.0. The molecule has 2 aromatic rings. The quantitative estimate of drug-likeness (QED) is 0.415. The van der Waals surface area contributed by atoms with Crippen molar-refractivity contribution in [3.63, 3.8) is 0 Å². The summed E-state index contributed by atoms with van der Waals surface area (Å²) >= 11 is 0.